The molecule has 0 saturated carbocycles. The maximum Gasteiger partial charge on any atom is 0.313 e. The van der Waals surface area contributed by atoms with Crippen molar-refractivity contribution in [2.45, 2.75) is 25.0 Å². The van der Waals surface area contributed by atoms with Crippen LogP contribution in [-0.2, 0) is 11.3 Å². The molecular formula is C13H13BrFN3O2S. The second-order valence-corrected chi connectivity index (χ2v) is 6.07. The van der Waals surface area contributed by atoms with Crippen LogP contribution in [0.4, 0.5) is 4.39 Å². The molecular weight excluding hydrogens is 361 g/mol. The summed E-state index contributed by atoms with van der Waals surface area (Å²) in [6, 6.07) is 4.74. The van der Waals surface area contributed by atoms with Crippen LogP contribution >= 0.6 is 27.7 Å². The highest BCUT2D eigenvalue weighted by Crippen LogP contribution is 2.27. The standard InChI is InChI=1S/C13H13BrFN3O2S/c1-2-5-18-12(8-3-4-9(14)10(15)6-8)16-17-13(18)21-7-11(19)20/h3-4,6H,2,5,7H2,1H3,(H,19,20). The van der Waals surface area contributed by atoms with Crippen molar-refractivity contribution in [1.82, 2.24) is 14.8 Å². The first-order valence-corrected chi connectivity index (χ1v) is 8.04. The van der Waals surface area contributed by atoms with Gasteiger partial charge in [0.25, 0.3) is 0 Å². The molecule has 0 aliphatic rings. The van der Waals surface area contributed by atoms with E-state index in [4.69, 9.17) is 5.11 Å². The highest BCUT2D eigenvalue weighted by Gasteiger charge is 2.15. The highest BCUT2D eigenvalue weighted by molar-refractivity contribution is 9.10. The van der Waals surface area contributed by atoms with E-state index in [2.05, 4.69) is 26.1 Å². The van der Waals surface area contributed by atoms with Gasteiger partial charge in [0.05, 0.1) is 10.2 Å². The second-order valence-electron chi connectivity index (χ2n) is 4.27. The molecule has 0 saturated heterocycles. The summed E-state index contributed by atoms with van der Waals surface area (Å²) < 4.78 is 15.9. The Kier molecular flexibility index (Phi) is 5.35. The molecule has 0 atom stereocenters. The van der Waals surface area contributed by atoms with Gasteiger partial charge in [0.1, 0.15) is 5.82 Å². The molecule has 1 aromatic carbocycles. The molecule has 0 amide bonds. The minimum atomic E-state index is -0.915. The molecule has 112 valence electrons. The number of rotatable bonds is 6. The van der Waals surface area contributed by atoms with Gasteiger partial charge in [0.15, 0.2) is 11.0 Å². The molecule has 0 unspecified atom stereocenters. The zero-order valence-corrected chi connectivity index (χ0v) is 13.6. The van der Waals surface area contributed by atoms with Crippen LogP contribution < -0.4 is 0 Å². The third kappa shape index (κ3) is 3.82. The number of aromatic nitrogens is 3. The topological polar surface area (TPSA) is 68.0 Å². The van der Waals surface area contributed by atoms with E-state index < -0.39 is 5.97 Å². The number of benzene rings is 1. The van der Waals surface area contributed by atoms with Crippen LogP contribution in [0.5, 0.6) is 0 Å². The summed E-state index contributed by atoms with van der Waals surface area (Å²) in [5.41, 5.74) is 0.610. The Balaban J connectivity index is 2.38. The zero-order chi connectivity index (χ0) is 15.4. The minimum Gasteiger partial charge on any atom is -0.481 e. The van der Waals surface area contributed by atoms with E-state index in [1.54, 1.807) is 12.1 Å². The van der Waals surface area contributed by atoms with Crippen LogP contribution in [0.15, 0.2) is 27.8 Å². The van der Waals surface area contributed by atoms with Crippen molar-refractivity contribution in [1.29, 1.82) is 0 Å². The number of hydrogen-bond acceptors (Lipinski definition) is 4. The lowest BCUT2D eigenvalue weighted by atomic mass is 10.2. The van der Waals surface area contributed by atoms with Gasteiger partial charge in [-0.15, -0.1) is 10.2 Å². The third-order valence-corrected chi connectivity index (χ3v) is 4.26. The molecule has 21 heavy (non-hydrogen) atoms. The van der Waals surface area contributed by atoms with Gasteiger partial charge in [-0.1, -0.05) is 18.7 Å². The van der Waals surface area contributed by atoms with Crippen molar-refractivity contribution >= 4 is 33.7 Å². The second kappa shape index (κ2) is 7.04. The number of thioether (sulfide) groups is 1. The van der Waals surface area contributed by atoms with E-state index in [-0.39, 0.29) is 11.6 Å². The Hall–Kier alpha value is -1.41. The van der Waals surface area contributed by atoms with Crippen LogP contribution in [0.3, 0.4) is 0 Å². The quantitative estimate of drug-likeness (QED) is 0.785. The molecule has 0 spiro atoms. The van der Waals surface area contributed by atoms with E-state index in [1.165, 1.54) is 6.07 Å². The summed E-state index contributed by atoms with van der Waals surface area (Å²) in [6.07, 6.45) is 0.838. The minimum absolute atomic E-state index is 0.0868. The number of aliphatic carboxylic acids is 1. The van der Waals surface area contributed by atoms with E-state index in [0.29, 0.717) is 27.6 Å². The normalized spacial score (nSPS) is 10.8. The molecule has 5 nitrogen and oxygen atoms in total. The third-order valence-electron chi connectivity index (χ3n) is 2.67. The van der Waals surface area contributed by atoms with E-state index >= 15 is 0 Å². The van der Waals surface area contributed by atoms with E-state index in [0.717, 1.165) is 18.2 Å². The molecule has 1 heterocycles. The monoisotopic (exact) mass is 373 g/mol. The number of nitrogens with zero attached hydrogens (tertiary/aromatic N) is 3. The molecule has 0 aliphatic heterocycles. The van der Waals surface area contributed by atoms with Crippen LogP contribution in [0, 0.1) is 5.82 Å². The summed E-state index contributed by atoms with van der Waals surface area (Å²) in [4.78, 5) is 10.7. The molecule has 2 rings (SSSR count). The fourth-order valence-electron chi connectivity index (χ4n) is 1.80. The SMILES string of the molecule is CCCn1c(SCC(=O)O)nnc1-c1ccc(Br)c(F)c1. The molecule has 1 aromatic heterocycles. The van der Waals surface area contributed by atoms with Gasteiger partial charge in [-0.05, 0) is 40.5 Å². The number of carbonyl (C=O) groups is 1. The Bertz CT molecular complexity index is 663. The average Bonchev–Trinajstić information content (AvgIpc) is 2.83. The largest absolute Gasteiger partial charge is 0.481 e. The molecule has 0 bridgehead atoms. The van der Waals surface area contributed by atoms with Crippen LogP contribution in [0.2, 0.25) is 0 Å². The average molecular weight is 374 g/mol. The number of halogens is 2. The smallest absolute Gasteiger partial charge is 0.313 e. The predicted molar refractivity (Wildman–Crippen MR) is 81.8 cm³/mol. The summed E-state index contributed by atoms with van der Waals surface area (Å²) in [6.45, 7) is 2.64. The van der Waals surface area contributed by atoms with Crippen molar-refractivity contribution in [3.8, 4) is 11.4 Å². The summed E-state index contributed by atoms with van der Waals surface area (Å²) >= 11 is 4.21. The van der Waals surface area contributed by atoms with Crippen molar-refractivity contribution < 1.29 is 14.3 Å². The molecule has 8 heteroatoms. The first kappa shape index (κ1) is 16.0. The van der Waals surface area contributed by atoms with Gasteiger partial charge < -0.3 is 9.67 Å². The molecule has 0 fully saturated rings. The molecule has 1 N–H and O–H groups in total. The van der Waals surface area contributed by atoms with Crippen molar-refractivity contribution in [2.75, 3.05) is 5.75 Å². The molecule has 0 aliphatic carbocycles. The van der Waals surface area contributed by atoms with Crippen molar-refractivity contribution in [2.24, 2.45) is 0 Å². The Morgan fingerprint density at radius 1 is 1.48 bits per heavy atom. The van der Waals surface area contributed by atoms with Crippen LogP contribution in [0.1, 0.15) is 13.3 Å². The predicted octanol–water partition coefficient (Wildman–Crippen LogP) is 3.43. The van der Waals surface area contributed by atoms with Gasteiger partial charge in [-0.2, -0.15) is 0 Å². The Morgan fingerprint density at radius 2 is 2.24 bits per heavy atom. The summed E-state index contributed by atoms with van der Waals surface area (Å²) in [5, 5.41) is 17.4. The lowest BCUT2D eigenvalue weighted by Gasteiger charge is -2.08. The van der Waals surface area contributed by atoms with Crippen LogP contribution in [-0.4, -0.2) is 31.6 Å². The molecule has 0 radical (unpaired) electrons. The maximum atomic E-state index is 13.7. The lowest BCUT2D eigenvalue weighted by molar-refractivity contribution is -0.133. The highest BCUT2D eigenvalue weighted by atomic mass is 79.9. The fourth-order valence-corrected chi connectivity index (χ4v) is 2.73. The Morgan fingerprint density at radius 3 is 2.86 bits per heavy atom. The zero-order valence-electron chi connectivity index (χ0n) is 11.2. The number of carboxylic acid groups (broad SMARTS) is 1. The maximum absolute atomic E-state index is 13.7. The first-order chi connectivity index (χ1) is 10.0. The van der Waals surface area contributed by atoms with Gasteiger partial charge in [0, 0.05) is 12.1 Å². The van der Waals surface area contributed by atoms with Gasteiger partial charge in [-0.25, -0.2) is 4.39 Å². The van der Waals surface area contributed by atoms with Gasteiger partial charge >= 0.3 is 5.97 Å². The number of hydrogen-bond donors (Lipinski definition) is 1. The van der Waals surface area contributed by atoms with Crippen molar-refractivity contribution in [3.05, 3.63) is 28.5 Å². The molecule has 2 aromatic rings. The first-order valence-electron chi connectivity index (χ1n) is 6.26. The fraction of sp³-hybridized carbons (Fsp3) is 0.308. The summed E-state index contributed by atoms with van der Waals surface area (Å²) in [7, 11) is 0. The van der Waals surface area contributed by atoms with Gasteiger partial charge in [-0.3, -0.25) is 4.79 Å². The van der Waals surface area contributed by atoms with Crippen LogP contribution in [0.25, 0.3) is 11.4 Å². The number of carboxylic acids is 1. The van der Waals surface area contributed by atoms with E-state index in [1.807, 2.05) is 11.5 Å². The Labute approximate surface area is 133 Å². The van der Waals surface area contributed by atoms with Crippen molar-refractivity contribution in [3.63, 3.8) is 0 Å². The van der Waals surface area contributed by atoms with E-state index in [9.17, 15) is 9.18 Å². The summed E-state index contributed by atoms with van der Waals surface area (Å²) in [5.74, 6) is -0.840. The van der Waals surface area contributed by atoms with Gasteiger partial charge in [0.2, 0.25) is 0 Å². The lowest BCUT2D eigenvalue weighted by Crippen LogP contribution is -2.04.